The summed E-state index contributed by atoms with van der Waals surface area (Å²) in [5.41, 5.74) is -0.0609. The average molecular weight is 307 g/mol. The number of carbonyl (C=O) groups is 2. The fourth-order valence-electron chi connectivity index (χ4n) is 2.25. The van der Waals surface area contributed by atoms with E-state index < -0.39 is 38.1 Å². The minimum atomic E-state index is -3.68. The van der Waals surface area contributed by atoms with Gasteiger partial charge in [0.15, 0.2) is 5.37 Å². The monoisotopic (exact) mass is 307 g/mol. The molecule has 0 saturated carbocycles. The third-order valence-corrected chi connectivity index (χ3v) is 6.90. The van der Waals surface area contributed by atoms with E-state index >= 15 is 0 Å². The van der Waals surface area contributed by atoms with E-state index in [9.17, 15) is 23.1 Å². The van der Waals surface area contributed by atoms with E-state index in [-0.39, 0.29) is 10.6 Å². The zero-order valence-corrected chi connectivity index (χ0v) is 12.1. The second-order valence-electron chi connectivity index (χ2n) is 4.34. The molecule has 19 heavy (non-hydrogen) atoms. The van der Waals surface area contributed by atoms with Crippen molar-refractivity contribution in [2.75, 3.05) is 7.11 Å². The molecule has 0 aromatic heterocycles. The minimum Gasteiger partial charge on any atom is -0.464 e. The van der Waals surface area contributed by atoms with Crippen LogP contribution in [0.15, 0.2) is 10.6 Å². The Labute approximate surface area is 113 Å². The fraction of sp³-hybridized carbons (Fsp3) is 0.600. The number of rotatable bonds is 2. The van der Waals surface area contributed by atoms with Crippen molar-refractivity contribution in [3.8, 4) is 0 Å². The van der Waals surface area contributed by atoms with Gasteiger partial charge in [0.1, 0.15) is 11.6 Å². The third kappa shape index (κ3) is 1.96. The molecule has 1 saturated heterocycles. The van der Waals surface area contributed by atoms with Gasteiger partial charge in [0.05, 0.1) is 13.2 Å². The molecular formula is C10H13NO6S2. The molecule has 0 aromatic carbocycles. The Kier molecular flexibility index (Phi) is 3.40. The Morgan fingerprint density at radius 2 is 2.11 bits per heavy atom. The number of allylic oxidation sites excluding steroid dienone is 1. The summed E-state index contributed by atoms with van der Waals surface area (Å²) in [6.07, 6.45) is -1.10. The number of carbonyl (C=O) groups excluding carboxylic acids is 2. The highest BCUT2D eigenvalue weighted by Gasteiger charge is 2.61. The number of aliphatic hydroxyl groups excluding tert-OH is 1. The smallest absolute Gasteiger partial charge is 0.355 e. The van der Waals surface area contributed by atoms with Crippen LogP contribution in [0.1, 0.15) is 13.8 Å². The number of ether oxygens (including phenoxy) is 1. The fourth-order valence-corrected chi connectivity index (χ4v) is 6.32. The summed E-state index contributed by atoms with van der Waals surface area (Å²) in [7, 11) is -2.00. The second-order valence-corrected chi connectivity index (χ2v) is 8.48. The van der Waals surface area contributed by atoms with E-state index in [4.69, 9.17) is 0 Å². The number of β-lactam (4-membered cyclic amide) rings is 1. The number of amides is 1. The van der Waals surface area contributed by atoms with E-state index in [1.54, 1.807) is 0 Å². The SMILES string of the molecule is COC(=O)C1=C(C)SS(=O)(=O)[C@@H]2[C@@H](C(C)O)C(=O)N12. The molecule has 0 spiro atoms. The molecule has 2 heterocycles. The molecule has 7 nitrogen and oxygen atoms in total. The second kappa shape index (κ2) is 4.50. The number of methoxy groups -OCH3 is 1. The molecule has 2 rings (SSSR count). The molecule has 1 fully saturated rings. The van der Waals surface area contributed by atoms with Crippen molar-refractivity contribution in [2.24, 2.45) is 5.92 Å². The lowest BCUT2D eigenvalue weighted by atomic mass is 9.92. The van der Waals surface area contributed by atoms with E-state index in [2.05, 4.69) is 4.74 Å². The summed E-state index contributed by atoms with van der Waals surface area (Å²) in [4.78, 5) is 24.7. The molecule has 3 atom stereocenters. The summed E-state index contributed by atoms with van der Waals surface area (Å²) in [6, 6.07) is 0. The summed E-state index contributed by atoms with van der Waals surface area (Å²) in [5, 5.41) is 8.30. The van der Waals surface area contributed by atoms with Gasteiger partial charge in [-0.05, 0) is 13.8 Å². The topological polar surface area (TPSA) is 101 Å². The van der Waals surface area contributed by atoms with Crippen molar-refractivity contribution in [2.45, 2.75) is 25.3 Å². The number of hydrogen-bond acceptors (Lipinski definition) is 7. The highest BCUT2D eigenvalue weighted by molar-refractivity contribution is 8.73. The largest absolute Gasteiger partial charge is 0.464 e. The van der Waals surface area contributed by atoms with E-state index in [0.717, 1.165) is 12.0 Å². The Bertz CT molecular complexity index is 579. The van der Waals surface area contributed by atoms with Crippen LogP contribution < -0.4 is 0 Å². The Hall–Kier alpha value is -1.06. The molecule has 9 heteroatoms. The predicted octanol–water partition coefficient (Wildman–Crippen LogP) is -0.367. The van der Waals surface area contributed by atoms with Crippen molar-refractivity contribution in [3.05, 3.63) is 10.6 Å². The van der Waals surface area contributed by atoms with Gasteiger partial charge in [0.2, 0.25) is 14.8 Å². The van der Waals surface area contributed by atoms with Gasteiger partial charge in [-0.15, -0.1) is 0 Å². The van der Waals surface area contributed by atoms with Crippen LogP contribution in [0.2, 0.25) is 0 Å². The van der Waals surface area contributed by atoms with Crippen LogP contribution in [-0.4, -0.2) is 48.9 Å². The molecule has 1 amide bonds. The number of nitrogens with zero attached hydrogens (tertiary/aromatic N) is 1. The summed E-state index contributed by atoms with van der Waals surface area (Å²) in [5.74, 6) is -2.38. The Balaban J connectivity index is 2.52. The predicted molar refractivity (Wildman–Crippen MR) is 67.0 cm³/mol. The van der Waals surface area contributed by atoms with Crippen LogP contribution in [0.5, 0.6) is 0 Å². The number of hydrogen-bond donors (Lipinski definition) is 1. The quantitative estimate of drug-likeness (QED) is 0.422. The summed E-state index contributed by atoms with van der Waals surface area (Å²) >= 11 is 0. The lowest BCUT2D eigenvalue weighted by Crippen LogP contribution is -2.67. The van der Waals surface area contributed by atoms with E-state index in [0.29, 0.717) is 10.8 Å². The van der Waals surface area contributed by atoms with Gasteiger partial charge in [-0.3, -0.25) is 9.69 Å². The van der Waals surface area contributed by atoms with Gasteiger partial charge in [0, 0.05) is 15.7 Å². The molecule has 0 aliphatic carbocycles. The first-order valence-electron chi connectivity index (χ1n) is 5.46. The van der Waals surface area contributed by atoms with Crippen molar-refractivity contribution >= 4 is 31.5 Å². The van der Waals surface area contributed by atoms with Gasteiger partial charge in [-0.25, -0.2) is 13.2 Å². The van der Waals surface area contributed by atoms with Crippen molar-refractivity contribution in [3.63, 3.8) is 0 Å². The normalized spacial score (nSPS) is 30.5. The van der Waals surface area contributed by atoms with E-state index in [1.165, 1.54) is 13.8 Å². The van der Waals surface area contributed by atoms with Crippen LogP contribution in [0, 0.1) is 5.92 Å². The van der Waals surface area contributed by atoms with Crippen molar-refractivity contribution in [1.29, 1.82) is 0 Å². The summed E-state index contributed by atoms with van der Waals surface area (Å²) in [6.45, 7) is 2.79. The van der Waals surface area contributed by atoms with Crippen LogP contribution in [0.4, 0.5) is 0 Å². The molecule has 2 aliphatic rings. The maximum atomic E-state index is 12.0. The third-order valence-electron chi connectivity index (χ3n) is 3.09. The first-order chi connectivity index (χ1) is 8.72. The molecule has 0 aromatic rings. The van der Waals surface area contributed by atoms with E-state index in [1.807, 2.05) is 0 Å². The number of fused-ring (bicyclic) bond motifs is 1. The first kappa shape index (κ1) is 14.4. The molecule has 106 valence electrons. The van der Waals surface area contributed by atoms with Crippen LogP contribution in [0.3, 0.4) is 0 Å². The zero-order valence-electron chi connectivity index (χ0n) is 10.5. The lowest BCUT2D eigenvalue weighted by molar-refractivity contribution is -0.158. The van der Waals surface area contributed by atoms with Gasteiger partial charge < -0.3 is 9.84 Å². The van der Waals surface area contributed by atoms with Gasteiger partial charge >= 0.3 is 5.97 Å². The van der Waals surface area contributed by atoms with Crippen LogP contribution >= 0.6 is 10.8 Å². The van der Waals surface area contributed by atoms with Crippen LogP contribution in [-0.2, 0) is 23.2 Å². The molecule has 1 N–H and O–H groups in total. The lowest BCUT2D eigenvalue weighted by Gasteiger charge is -2.49. The molecular weight excluding hydrogens is 294 g/mol. The maximum Gasteiger partial charge on any atom is 0.355 e. The standard InChI is InChI=1S/C10H13NO6S2/c1-4(12)6-8(13)11-7(10(14)17-3)5(2)18-19(15,16)9(6)11/h4,6,9,12H,1-3H3/t4?,6-,9+/m0/s1. The van der Waals surface area contributed by atoms with Gasteiger partial charge in [-0.2, -0.15) is 0 Å². The highest BCUT2D eigenvalue weighted by atomic mass is 33.1. The number of esters is 1. The number of aliphatic hydroxyl groups is 1. The van der Waals surface area contributed by atoms with Crippen LogP contribution in [0.25, 0.3) is 0 Å². The molecule has 2 aliphatic heterocycles. The maximum absolute atomic E-state index is 12.0. The Morgan fingerprint density at radius 1 is 1.53 bits per heavy atom. The highest BCUT2D eigenvalue weighted by Crippen LogP contribution is 2.48. The van der Waals surface area contributed by atoms with Crippen molar-refractivity contribution in [1.82, 2.24) is 4.90 Å². The first-order valence-corrected chi connectivity index (χ1v) is 8.34. The van der Waals surface area contributed by atoms with Gasteiger partial charge in [0.25, 0.3) is 0 Å². The minimum absolute atomic E-state index is 0.0609. The summed E-state index contributed by atoms with van der Waals surface area (Å²) < 4.78 is 28.6. The molecule has 0 bridgehead atoms. The molecule has 0 radical (unpaired) electrons. The van der Waals surface area contributed by atoms with Crippen molar-refractivity contribution < 1.29 is 27.9 Å². The van der Waals surface area contributed by atoms with Gasteiger partial charge in [-0.1, -0.05) is 0 Å². The zero-order chi connectivity index (χ0) is 14.5. The molecule has 1 unspecified atom stereocenters. The average Bonchev–Trinajstić information content (AvgIpc) is 2.28. The Morgan fingerprint density at radius 3 is 2.58 bits per heavy atom.